The lowest BCUT2D eigenvalue weighted by Gasteiger charge is -2.08. The van der Waals surface area contributed by atoms with Gasteiger partial charge in [-0.3, -0.25) is 10.1 Å². The molecule has 0 saturated heterocycles. The van der Waals surface area contributed by atoms with E-state index in [1.165, 1.54) is 19.2 Å². The molecule has 8 heteroatoms. The number of hydrogen-bond acceptors (Lipinski definition) is 4. The summed E-state index contributed by atoms with van der Waals surface area (Å²) in [5, 5.41) is 5.54. The van der Waals surface area contributed by atoms with Gasteiger partial charge in [0.15, 0.2) is 0 Å². The predicted octanol–water partition coefficient (Wildman–Crippen LogP) is 3.50. The van der Waals surface area contributed by atoms with Crippen molar-refractivity contribution in [1.82, 2.24) is 10.3 Å². The fourth-order valence-electron chi connectivity index (χ4n) is 1.73. The van der Waals surface area contributed by atoms with Crippen LogP contribution < -0.4 is 10.6 Å². The molecule has 2 N–H and O–H groups in total. The largest absolute Gasteiger partial charge is 0.453 e. The van der Waals surface area contributed by atoms with Crippen LogP contribution in [0.2, 0.25) is 10.3 Å². The van der Waals surface area contributed by atoms with Crippen molar-refractivity contribution in [3.8, 4) is 0 Å². The van der Waals surface area contributed by atoms with E-state index < -0.39 is 6.09 Å². The molecular weight excluding hydrogens is 341 g/mol. The zero-order chi connectivity index (χ0) is 16.8. The Morgan fingerprint density at radius 3 is 2.43 bits per heavy atom. The smallest absolute Gasteiger partial charge is 0.411 e. The molecule has 0 aliphatic heterocycles. The first-order valence-corrected chi connectivity index (χ1v) is 7.29. The molecule has 0 unspecified atom stereocenters. The van der Waals surface area contributed by atoms with Crippen LogP contribution >= 0.6 is 23.2 Å². The highest BCUT2D eigenvalue weighted by atomic mass is 35.5. The zero-order valence-corrected chi connectivity index (χ0v) is 13.6. The Morgan fingerprint density at radius 2 is 1.83 bits per heavy atom. The number of aromatic nitrogens is 1. The van der Waals surface area contributed by atoms with Gasteiger partial charge in [-0.2, -0.15) is 0 Å². The van der Waals surface area contributed by atoms with Crippen molar-refractivity contribution in [3.05, 3.63) is 57.8 Å². The number of carbonyl (C=O) groups is 2. The van der Waals surface area contributed by atoms with Gasteiger partial charge in [-0.25, -0.2) is 9.78 Å². The average Bonchev–Trinajstić information content (AvgIpc) is 2.53. The number of hydrogen-bond donors (Lipinski definition) is 2. The summed E-state index contributed by atoms with van der Waals surface area (Å²) in [4.78, 5) is 26.9. The molecule has 23 heavy (non-hydrogen) atoms. The summed E-state index contributed by atoms with van der Waals surface area (Å²) in [6, 6.07) is 9.96. The molecule has 1 aromatic heterocycles. The van der Waals surface area contributed by atoms with E-state index in [9.17, 15) is 9.59 Å². The molecule has 0 saturated carbocycles. The van der Waals surface area contributed by atoms with E-state index in [2.05, 4.69) is 20.4 Å². The Hall–Kier alpha value is -2.31. The molecule has 0 spiro atoms. The molecule has 2 aromatic rings. The Balaban J connectivity index is 1.95. The van der Waals surface area contributed by atoms with Crippen molar-refractivity contribution >= 4 is 40.9 Å². The van der Waals surface area contributed by atoms with Crippen molar-refractivity contribution in [2.24, 2.45) is 0 Å². The number of anilines is 1. The number of ether oxygens (including phenoxy) is 1. The highest BCUT2D eigenvalue weighted by Crippen LogP contribution is 2.16. The van der Waals surface area contributed by atoms with E-state index in [4.69, 9.17) is 23.2 Å². The van der Waals surface area contributed by atoms with E-state index in [-0.39, 0.29) is 21.8 Å². The van der Waals surface area contributed by atoms with Gasteiger partial charge in [0, 0.05) is 12.2 Å². The van der Waals surface area contributed by atoms with Crippen molar-refractivity contribution < 1.29 is 14.3 Å². The lowest BCUT2D eigenvalue weighted by Crippen LogP contribution is -2.23. The number of nitrogens with zero attached hydrogens (tertiary/aromatic N) is 1. The van der Waals surface area contributed by atoms with Crippen molar-refractivity contribution in [1.29, 1.82) is 0 Å². The SMILES string of the molecule is COC(=O)Nc1ccc(CNC(=O)c2ccc(Cl)nc2Cl)cc1. The molecule has 2 rings (SSSR count). The van der Waals surface area contributed by atoms with Gasteiger partial charge in [0.05, 0.1) is 12.7 Å². The highest BCUT2D eigenvalue weighted by molar-refractivity contribution is 6.34. The molecule has 6 nitrogen and oxygen atoms in total. The topological polar surface area (TPSA) is 80.3 Å². The first kappa shape index (κ1) is 17.1. The van der Waals surface area contributed by atoms with Crippen LogP contribution in [0, 0.1) is 0 Å². The molecule has 120 valence electrons. The standard InChI is InChI=1S/C15H13Cl2N3O3/c1-23-15(22)19-10-4-2-9(3-5-10)8-18-14(21)11-6-7-12(16)20-13(11)17/h2-7H,8H2,1H3,(H,18,21)(H,19,22). The minimum absolute atomic E-state index is 0.0487. The fourth-order valence-corrected chi connectivity index (χ4v) is 2.16. The molecular formula is C15H13Cl2N3O3. The number of benzene rings is 1. The second-order valence-electron chi connectivity index (χ2n) is 4.47. The van der Waals surface area contributed by atoms with Gasteiger partial charge in [0.25, 0.3) is 5.91 Å². The van der Waals surface area contributed by atoms with Gasteiger partial charge in [0.1, 0.15) is 10.3 Å². The molecule has 0 aliphatic carbocycles. The second kappa shape index (κ2) is 7.80. The third-order valence-corrected chi connectivity index (χ3v) is 3.40. The Labute approximate surface area is 142 Å². The third kappa shape index (κ3) is 4.84. The summed E-state index contributed by atoms with van der Waals surface area (Å²) in [6.07, 6.45) is -0.545. The molecule has 1 heterocycles. The van der Waals surface area contributed by atoms with E-state index in [1.807, 2.05) is 0 Å². The molecule has 0 aliphatic rings. The minimum atomic E-state index is -0.545. The van der Waals surface area contributed by atoms with Gasteiger partial charge < -0.3 is 10.1 Å². The maximum absolute atomic E-state index is 12.0. The van der Waals surface area contributed by atoms with Gasteiger partial charge in [0.2, 0.25) is 0 Å². The number of nitrogens with one attached hydrogen (secondary N) is 2. The van der Waals surface area contributed by atoms with Gasteiger partial charge in [-0.1, -0.05) is 35.3 Å². The van der Waals surface area contributed by atoms with Crippen molar-refractivity contribution in [3.63, 3.8) is 0 Å². The monoisotopic (exact) mass is 353 g/mol. The first-order chi connectivity index (χ1) is 11.0. The lowest BCUT2D eigenvalue weighted by atomic mass is 10.2. The summed E-state index contributed by atoms with van der Waals surface area (Å²) in [7, 11) is 1.29. The van der Waals surface area contributed by atoms with Crippen LogP contribution in [0.3, 0.4) is 0 Å². The van der Waals surface area contributed by atoms with Gasteiger partial charge >= 0.3 is 6.09 Å². The summed E-state index contributed by atoms with van der Waals surface area (Å²) in [6.45, 7) is 0.302. The summed E-state index contributed by atoms with van der Waals surface area (Å²) < 4.78 is 4.50. The van der Waals surface area contributed by atoms with Crippen LogP contribution in [0.1, 0.15) is 15.9 Å². The quantitative estimate of drug-likeness (QED) is 0.824. The number of methoxy groups -OCH3 is 1. The van der Waals surface area contributed by atoms with Gasteiger partial charge in [-0.15, -0.1) is 0 Å². The summed E-state index contributed by atoms with van der Waals surface area (Å²) >= 11 is 11.6. The van der Waals surface area contributed by atoms with Crippen LogP contribution in [-0.4, -0.2) is 24.1 Å². The summed E-state index contributed by atoms with van der Waals surface area (Å²) in [5.74, 6) is -0.351. The second-order valence-corrected chi connectivity index (χ2v) is 5.21. The number of halogens is 2. The number of pyridine rings is 1. The Morgan fingerprint density at radius 1 is 1.13 bits per heavy atom. The maximum Gasteiger partial charge on any atom is 0.411 e. The molecule has 0 atom stereocenters. The first-order valence-electron chi connectivity index (χ1n) is 6.53. The summed E-state index contributed by atoms with van der Waals surface area (Å²) in [5.41, 5.74) is 1.70. The van der Waals surface area contributed by atoms with Crippen LogP contribution in [0.15, 0.2) is 36.4 Å². The number of rotatable bonds is 4. The van der Waals surface area contributed by atoms with Crippen molar-refractivity contribution in [2.45, 2.75) is 6.54 Å². The molecule has 2 amide bonds. The molecule has 0 fully saturated rings. The van der Waals surface area contributed by atoms with E-state index in [0.717, 1.165) is 5.56 Å². The fraction of sp³-hybridized carbons (Fsp3) is 0.133. The minimum Gasteiger partial charge on any atom is -0.453 e. The molecule has 0 radical (unpaired) electrons. The highest BCUT2D eigenvalue weighted by Gasteiger charge is 2.11. The Bertz CT molecular complexity index is 720. The molecule has 1 aromatic carbocycles. The lowest BCUT2D eigenvalue weighted by molar-refractivity contribution is 0.0950. The van der Waals surface area contributed by atoms with Crippen LogP contribution in [0.4, 0.5) is 10.5 Å². The average molecular weight is 354 g/mol. The zero-order valence-electron chi connectivity index (χ0n) is 12.1. The van der Waals surface area contributed by atoms with Crippen LogP contribution in [0.25, 0.3) is 0 Å². The number of carbonyl (C=O) groups excluding carboxylic acids is 2. The maximum atomic E-state index is 12.0. The van der Waals surface area contributed by atoms with Crippen molar-refractivity contribution in [2.75, 3.05) is 12.4 Å². The van der Waals surface area contributed by atoms with E-state index in [1.54, 1.807) is 24.3 Å². The number of amides is 2. The Kier molecular flexibility index (Phi) is 5.78. The normalized spacial score (nSPS) is 10.0. The van der Waals surface area contributed by atoms with E-state index in [0.29, 0.717) is 12.2 Å². The van der Waals surface area contributed by atoms with Gasteiger partial charge in [-0.05, 0) is 29.8 Å². The van der Waals surface area contributed by atoms with E-state index >= 15 is 0 Å². The molecule has 0 bridgehead atoms. The predicted molar refractivity (Wildman–Crippen MR) is 87.9 cm³/mol. The van der Waals surface area contributed by atoms with Crippen LogP contribution in [0.5, 0.6) is 0 Å². The van der Waals surface area contributed by atoms with Crippen LogP contribution in [-0.2, 0) is 11.3 Å². The third-order valence-electron chi connectivity index (χ3n) is 2.90.